The molecule has 0 saturated carbocycles. The van der Waals surface area contributed by atoms with Crippen LogP contribution in [0, 0.1) is 6.92 Å². The minimum atomic E-state index is -0.197. The number of carbonyl (C=O) groups is 1. The number of aryl methyl sites for hydroxylation is 1. The Bertz CT molecular complexity index is 1270. The number of hydrogen-bond acceptors (Lipinski definition) is 8. The van der Waals surface area contributed by atoms with Gasteiger partial charge in [0.1, 0.15) is 5.75 Å². The largest absolute Gasteiger partial charge is 0.497 e. The average molecular weight is 485 g/mol. The third-order valence-electron chi connectivity index (χ3n) is 4.73. The van der Waals surface area contributed by atoms with Gasteiger partial charge in [-0.3, -0.25) is 9.36 Å². The number of anilines is 1. The van der Waals surface area contributed by atoms with Crippen LogP contribution >= 0.6 is 23.4 Å². The summed E-state index contributed by atoms with van der Waals surface area (Å²) in [6.07, 6.45) is 0. The van der Waals surface area contributed by atoms with Gasteiger partial charge >= 0.3 is 0 Å². The van der Waals surface area contributed by atoms with Crippen LogP contribution in [0.1, 0.15) is 12.5 Å². The summed E-state index contributed by atoms with van der Waals surface area (Å²) in [6.45, 7) is 4.45. The molecule has 0 aliphatic heterocycles. The molecular formula is C22H21ClN6O3S. The number of nitrogens with one attached hydrogen (secondary N) is 1. The number of hydrogen-bond donors (Lipinski definition) is 1. The number of aromatic nitrogens is 5. The fourth-order valence-electron chi connectivity index (χ4n) is 3.05. The molecule has 0 fully saturated rings. The van der Waals surface area contributed by atoms with Gasteiger partial charge in [-0.25, -0.2) is 0 Å². The number of benzene rings is 2. The van der Waals surface area contributed by atoms with Gasteiger partial charge in [-0.2, -0.15) is 4.98 Å². The first-order valence-corrected chi connectivity index (χ1v) is 11.5. The second-order valence-corrected chi connectivity index (χ2v) is 8.37. The molecule has 4 rings (SSSR count). The molecule has 11 heteroatoms. The molecule has 1 N–H and O–H groups in total. The molecule has 0 bridgehead atoms. The maximum Gasteiger partial charge on any atom is 0.296 e. The van der Waals surface area contributed by atoms with Gasteiger partial charge in [-0.15, -0.1) is 10.2 Å². The minimum Gasteiger partial charge on any atom is -0.497 e. The first kappa shape index (κ1) is 22.8. The summed E-state index contributed by atoms with van der Waals surface area (Å²) in [5, 5.41) is 16.3. The Balaban J connectivity index is 1.46. The van der Waals surface area contributed by atoms with Crippen molar-refractivity contribution in [1.29, 1.82) is 0 Å². The van der Waals surface area contributed by atoms with E-state index in [1.54, 1.807) is 19.2 Å². The monoisotopic (exact) mass is 484 g/mol. The molecule has 4 aromatic rings. The number of nitrogens with zero attached hydrogens (tertiary/aromatic N) is 5. The van der Waals surface area contributed by atoms with E-state index in [2.05, 4.69) is 25.7 Å². The Morgan fingerprint density at radius 3 is 2.70 bits per heavy atom. The van der Waals surface area contributed by atoms with E-state index >= 15 is 0 Å². The molecule has 9 nitrogen and oxygen atoms in total. The number of ether oxygens (including phenoxy) is 1. The molecule has 0 spiro atoms. The molecule has 170 valence electrons. The highest BCUT2D eigenvalue weighted by Crippen LogP contribution is 2.27. The lowest BCUT2D eigenvalue weighted by Crippen LogP contribution is -2.15. The Kier molecular flexibility index (Phi) is 6.95. The van der Waals surface area contributed by atoms with Crippen LogP contribution in [0.4, 0.5) is 5.69 Å². The van der Waals surface area contributed by atoms with Crippen LogP contribution < -0.4 is 10.1 Å². The Labute approximate surface area is 199 Å². The van der Waals surface area contributed by atoms with E-state index in [0.29, 0.717) is 34.1 Å². The summed E-state index contributed by atoms with van der Waals surface area (Å²) >= 11 is 7.45. The summed E-state index contributed by atoms with van der Waals surface area (Å²) in [5.74, 6) is 1.80. The quantitative estimate of drug-likeness (QED) is 0.358. The Hall–Kier alpha value is -3.37. The molecular weight excluding hydrogens is 464 g/mol. The number of carbonyl (C=O) groups excluding carboxylic acids is 1. The van der Waals surface area contributed by atoms with Crippen molar-refractivity contribution >= 4 is 35.0 Å². The molecule has 2 aromatic heterocycles. The van der Waals surface area contributed by atoms with Gasteiger partial charge in [-0.05, 0) is 55.8 Å². The zero-order valence-corrected chi connectivity index (χ0v) is 19.8. The maximum absolute atomic E-state index is 12.4. The number of amides is 1. The molecule has 0 saturated heterocycles. The summed E-state index contributed by atoms with van der Waals surface area (Å²) in [5.41, 5.74) is 2.38. The number of methoxy groups -OCH3 is 1. The van der Waals surface area contributed by atoms with E-state index in [0.717, 1.165) is 16.9 Å². The SMILES string of the molecule is CCn1c(SCC(=O)Nc2ccc(C)cc2Cl)nnc1-c1nc(-c2ccc(OC)cc2)no1. The summed E-state index contributed by atoms with van der Waals surface area (Å²) < 4.78 is 12.4. The van der Waals surface area contributed by atoms with Gasteiger partial charge in [-0.1, -0.05) is 34.6 Å². The second-order valence-electron chi connectivity index (χ2n) is 7.02. The van der Waals surface area contributed by atoms with E-state index in [1.165, 1.54) is 11.8 Å². The highest BCUT2D eigenvalue weighted by Gasteiger charge is 2.20. The lowest BCUT2D eigenvalue weighted by atomic mass is 10.2. The van der Waals surface area contributed by atoms with Gasteiger partial charge in [0, 0.05) is 12.1 Å². The minimum absolute atomic E-state index is 0.142. The normalized spacial score (nSPS) is 10.9. The molecule has 2 heterocycles. The fourth-order valence-corrected chi connectivity index (χ4v) is 4.13. The molecule has 0 aliphatic rings. The van der Waals surface area contributed by atoms with E-state index in [1.807, 2.05) is 48.7 Å². The molecule has 2 aromatic carbocycles. The standard InChI is InChI=1S/C22H21ClN6O3S/c1-4-29-20(21-25-19(28-32-21)14-6-8-15(31-3)9-7-14)26-27-22(29)33-12-18(30)24-17-10-5-13(2)11-16(17)23/h5-11H,4,12H2,1-3H3,(H,24,30). The summed E-state index contributed by atoms with van der Waals surface area (Å²) in [7, 11) is 1.61. The van der Waals surface area contributed by atoms with Gasteiger partial charge in [0.25, 0.3) is 5.89 Å². The van der Waals surface area contributed by atoms with E-state index < -0.39 is 0 Å². The van der Waals surface area contributed by atoms with Crippen LogP contribution in [0.3, 0.4) is 0 Å². The van der Waals surface area contributed by atoms with E-state index in [9.17, 15) is 4.79 Å². The van der Waals surface area contributed by atoms with E-state index in [4.69, 9.17) is 20.9 Å². The topological polar surface area (TPSA) is 108 Å². The molecule has 0 unspecified atom stereocenters. The van der Waals surface area contributed by atoms with Gasteiger partial charge in [0.15, 0.2) is 5.16 Å². The van der Waals surface area contributed by atoms with Gasteiger partial charge in [0.2, 0.25) is 17.6 Å². The number of rotatable bonds is 8. The number of halogens is 1. The highest BCUT2D eigenvalue weighted by molar-refractivity contribution is 7.99. The van der Waals surface area contributed by atoms with Crippen LogP contribution in [0.15, 0.2) is 52.1 Å². The van der Waals surface area contributed by atoms with E-state index in [-0.39, 0.29) is 17.6 Å². The molecule has 0 radical (unpaired) electrons. The zero-order valence-electron chi connectivity index (χ0n) is 18.2. The predicted molar refractivity (Wildman–Crippen MR) is 127 cm³/mol. The van der Waals surface area contributed by atoms with Crippen molar-refractivity contribution < 1.29 is 14.1 Å². The molecule has 0 atom stereocenters. The highest BCUT2D eigenvalue weighted by atomic mass is 35.5. The van der Waals surface area contributed by atoms with Gasteiger partial charge < -0.3 is 14.6 Å². The van der Waals surface area contributed by atoms with Crippen molar-refractivity contribution in [2.24, 2.45) is 0 Å². The van der Waals surface area contributed by atoms with Crippen molar-refractivity contribution in [3.63, 3.8) is 0 Å². The predicted octanol–water partition coefficient (Wildman–Crippen LogP) is 4.72. The van der Waals surface area contributed by atoms with Gasteiger partial charge in [0.05, 0.1) is 23.6 Å². The first-order valence-electron chi connectivity index (χ1n) is 10.1. The first-order chi connectivity index (χ1) is 16.0. The van der Waals surface area contributed by atoms with Crippen molar-refractivity contribution in [2.45, 2.75) is 25.5 Å². The second kappa shape index (κ2) is 10.1. The molecule has 0 aliphatic carbocycles. The van der Waals surface area contributed by atoms with Crippen molar-refractivity contribution in [3.8, 4) is 28.9 Å². The van der Waals surface area contributed by atoms with Crippen LogP contribution in [0.25, 0.3) is 23.1 Å². The Morgan fingerprint density at radius 2 is 2.00 bits per heavy atom. The van der Waals surface area contributed by atoms with Crippen LogP contribution in [0.2, 0.25) is 5.02 Å². The lowest BCUT2D eigenvalue weighted by Gasteiger charge is -2.08. The third-order valence-corrected chi connectivity index (χ3v) is 6.01. The zero-order chi connectivity index (χ0) is 23.4. The van der Waals surface area contributed by atoms with Crippen molar-refractivity contribution in [1.82, 2.24) is 24.9 Å². The molecule has 1 amide bonds. The molecule has 33 heavy (non-hydrogen) atoms. The average Bonchev–Trinajstić information content (AvgIpc) is 3.46. The van der Waals surface area contributed by atoms with Crippen LogP contribution in [0.5, 0.6) is 5.75 Å². The lowest BCUT2D eigenvalue weighted by molar-refractivity contribution is -0.113. The van der Waals surface area contributed by atoms with Crippen molar-refractivity contribution in [3.05, 3.63) is 53.1 Å². The maximum atomic E-state index is 12.4. The Morgan fingerprint density at radius 1 is 1.21 bits per heavy atom. The third kappa shape index (κ3) is 5.18. The van der Waals surface area contributed by atoms with Crippen LogP contribution in [-0.4, -0.2) is 43.7 Å². The number of thioether (sulfide) groups is 1. The summed E-state index contributed by atoms with van der Waals surface area (Å²) in [6, 6.07) is 12.8. The summed E-state index contributed by atoms with van der Waals surface area (Å²) in [4.78, 5) is 16.9. The van der Waals surface area contributed by atoms with Crippen molar-refractivity contribution in [2.75, 3.05) is 18.2 Å². The van der Waals surface area contributed by atoms with Crippen LogP contribution in [-0.2, 0) is 11.3 Å². The fraction of sp³-hybridized carbons (Fsp3) is 0.227. The smallest absolute Gasteiger partial charge is 0.296 e.